The number of anilines is 2. The van der Waals surface area contributed by atoms with Crippen molar-refractivity contribution in [2.45, 2.75) is 33.6 Å². The molecule has 0 amide bonds. The van der Waals surface area contributed by atoms with Crippen molar-refractivity contribution in [1.82, 2.24) is 0 Å². The van der Waals surface area contributed by atoms with Crippen molar-refractivity contribution >= 4 is 33.8 Å². The zero-order chi connectivity index (χ0) is 18.0. The Morgan fingerprint density at radius 2 is 1.96 bits per heavy atom. The molecule has 24 heavy (non-hydrogen) atoms. The predicted octanol–water partition coefficient (Wildman–Crippen LogP) is 5.05. The summed E-state index contributed by atoms with van der Waals surface area (Å²) in [4.78, 5) is 24.7. The van der Waals surface area contributed by atoms with Gasteiger partial charge in [-0.3, -0.25) is 4.79 Å². The number of Topliss-reactive ketones (excluding diaryl/α,β-unsaturated/α-hetero) is 1. The topological polar surface area (TPSA) is 55.4 Å². The number of methoxy groups -OCH3 is 1. The molecule has 0 saturated heterocycles. The summed E-state index contributed by atoms with van der Waals surface area (Å²) in [5.41, 5.74) is 1.97. The molecule has 0 unspecified atom stereocenters. The van der Waals surface area contributed by atoms with Gasteiger partial charge in [0.15, 0.2) is 5.78 Å². The monoisotopic (exact) mass is 349 g/mol. The number of hydrogen-bond acceptors (Lipinski definition) is 5. The first-order valence-electron chi connectivity index (χ1n) is 7.55. The van der Waals surface area contributed by atoms with Gasteiger partial charge in [-0.15, -0.1) is 11.3 Å². The van der Waals surface area contributed by atoms with Crippen LogP contribution in [0, 0.1) is 12.7 Å². The highest BCUT2D eigenvalue weighted by Crippen LogP contribution is 2.40. The molecule has 128 valence electrons. The maximum absolute atomic E-state index is 14.1. The number of carbonyl (C=O) groups excluding carboxylic acids is 2. The van der Waals surface area contributed by atoms with Gasteiger partial charge in [0.1, 0.15) is 10.8 Å². The highest BCUT2D eigenvalue weighted by atomic mass is 32.1. The van der Waals surface area contributed by atoms with Gasteiger partial charge in [-0.2, -0.15) is 0 Å². The number of benzene rings is 1. The average Bonchev–Trinajstić information content (AvgIpc) is 2.89. The van der Waals surface area contributed by atoms with Crippen LogP contribution >= 0.6 is 11.3 Å². The largest absolute Gasteiger partial charge is 0.465 e. The van der Waals surface area contributed by atoms with Gasteiger partial charge < -0.3 is 10.1 Å². The number of halogens is 1. The van der Waals surface area contributed by atoms with E-state index in [0.29, 0.717) is 21.0 Å². The van der Waals surface area contributed by atoms with Crippen LogP contribution in [-0.4, -0.2) is 18.9 Å². The van der Waals surface area contributed by atoms with Gasteiger partial charge in [0.05, 0.1) is 23.2 Å². The van der Waals surface area contributed by atoms with Crippen molar-refractivity contribution in [3.8, 4) is 0 Å². The van der Waals surface area contributed by atoms with Gasteiger partial charge >= 0.3 is 5.97 Å². The molecule has 0 spiro atoms. The first-order valence-corrected chi connectivity index (χ1v) is 8.37. The number of hydrogen-bond donors (Lipinski definition) is 1. The second-order valence-electron chi connectivity index (χ2n) is 5.86. The molecule has 2 rings (SSSR count). The van der Waals surface area contributed by atoms with Crippen molar-refractivity contribution in [3.63, 3.8) is 0 Å². The number of rotatable bonds is 5. The molecule has 0 aliphatic carbocycles. The minimum absolute atomic E-state index is 0.0485. The fraction of sp³-hybridized carbons (Fsp3) is 0.333. The van der Waals surface area contributed by atoms with Crippen molar-refractivity contribution in [1.29, 1.82) is 0 Å². The van der Waals surface area contributed by atoms with Crippen molar-refractivity contribution in [3.05, 3.63) is 45.6 Å². The minimum Gasteiger partial charge on any atom is -0.465 e. The molecule has 1 aromatic carbocycles. The number of ketones is 1. The van der Waals surface area contributed by atoms with E-state index in [1.165, 1.54) is 20.1 Å². The highest BCUT2D eigenvalue weighted by molar-refractivity contribution is 7.18. The number of ether oxygens (including phenoxy) is 1. The molecule has 4 nitrogen and oxygen atoms in total. The van der Waals surface area contributed by atoms with Gasteiger partial charge in [0, 0.05) is 0 Å². The second kappa shape index (κ2) is 7.13. The van der Waals surface area contributed by atoms with Gasteiger partial charge in [0.2, 0.25) is 0 Å². The smallest absolute Gasteiger partial charge is 0.341 e. The normalized spacial score (nSPS) is 10.8. The molecule has 0 aliphatic rings. The molecule has 0 radical (unpaired) electrons. The van der Waals surface area contributed by atoms with Crippen LogP contribution < -0.4 is 5.32 Å². The standard InChI is InChI=1S/C18H20FNO3S/c1-9(2)14-15(18(22)23-5)17(24-16(14)11(4)21)20-13-7-6-10(3)8-12(13)19/h6-9,20H,1-5H3. The van der Waals surface area contributed by atoms with Crippen molar-refractivity contribution in [2.75, 3.05) is 12.4 Å². The zero-order valence-electron chi connectivity index (χ0n) is 14.3. The Labute approximate surface area is 144 Å². The van der Waals surface area contributed by atoms with E-state index in [2.05, 4.69) is 5.32 Å². The molecule has 0 saturated carbocycles. The van der Waals surface area contributed by atoms with Crippen LogP contribution in [0.15, 0.2) is 18.2 Å². The molecular formula is C18H20FNO3S. The molecule has 1 heterocycles. The Bertz CT molecular complexity index is 796. The van der Waals surface area contributed by atoms with Crippen molar-refractivity contribution in [2.24, 2.45) is 0 Å². The van der Waals surface area contributed by atoms with Crippen LogP contribution in [0.25, 0.3) is 0 Å². The molecule has 0 aliphatic heterocycles. The molecule has 0 atom stereocenters. The van der Waals surface area contributed by atoms with Crippen LogP contribution in [0.1, 0.15) is 57.8 Å². The third-order valence-electron chi connectivity index (χ3n) is 3.60. The molecule has 0 fully saturated rings. The predicted molar refractivity (Wildman–Crippen MR) is 94.2 cm³/mol. The van der Waals surface area contributed by atoms with E-state index in [1.807, 2.05) is 13.8 Å². The number of esters is 1. The van der Waals surface area contributed by atoms with Crippen molar-refractivity contribution < 1.29 is 18.7 Å². The third kappa shape index (κ3) is 3.48. The summed E-state index contributed by atoms with van der Waals surface area (Å²) in [6, 6.07) is 4.78. The Hall–Kier alpha value is -2.21. The quantitative estimate of drug-likeness (QED) is 0.606. The minimum atomic E-state index is -0.544. The molecular weight excluding hydrogens is 329 g/mol. The molecule has 1 N–H and O–H groups in total. The lowest BCUT2D eigenvalue weighted by Crippen LogP contribution is -2.09. The summed E-state index contributed by atoms with van der Waals surface area (Å²) >= 11 is 1.15. The van der Waals surface area contributed by atoms with E-state index in [1.54, 1.807) is 19.1 Å². The Balaban J connectivity index is 2.62. The Morgan fingerprint density at radius 3 is 2.46 bits per heavy atom. The fourth-order valence-electron chi connectivity index (χ4n) is 2.49. The number of thiophene rings is 1. The third-order valence-corrected chi connectivity index (χ3v) is 4.83. The summed E-state index contributed by atoms with van der Waals surface area (Å²) < 4.78 is 19.0. The Kier molecular flexibility index (Phi) is 5.39. The average molecular weight is 349 g/mol. The van der Waals surface area contributed by atoms with E-state index in [0.717, 1.165) is 16.9 Å². The number of aryl methyl sites for hydroxylation is 1. The lowest BCUT2D eigenvalue weighted by Gasteiger charge is -2.11. The first-order chi connectivity index (χ1) is 11.3. The molecule has 0 bridgehead atoms. The van der Waals surface area contributed by atoms with E-state index in [9.17, 15) is 14.0 Å². The summed E-state index contributed by atoms with van der Waals surface area (Å²) in [5.74, 6) is -1.15. The van der Waals surface area contributed by atoms with Gasteiger partial charge in [0.25, 0.3) is 0 Å². The molecule has 6 heteroatoms. The van der Waals surface area contributed by atoms with Gasteiger partial charge in [-0.25, -0.2) is 9.18 Å². The van der Waals surface area contributed by atoms with E-state index >= 15 is 0 Å². The van der Waals surface area contributed by atoms with E-state index < -0.39 is 11.8 Å². The summed E-state index contributed by atoms with van der Waals surface area (Å²) in [7, 11) is 1.29. The van der Waals surface area contributed by atoms with Crippen LogP contribution in [0.4, 0.5) is 15.1 Å². The maximum atomic E-state index is 14.1. The van der Waals surface area contributed by atoms with Crippen LogP contribution in [0.2, 0.25) is 0 Å². The fourth-order valence-corrected chi connectivity index (χ4v) is 3.74. The van der Waals surface area contributed by atoms with Crippen LogP contribution in [0.3, 0.4) is 0 Å². The second-order valence-corrected chi connectivity index (χ2v) is 6.88. The van der Waals surface area contributed by atoms with Crippen LogP contribution in [-0.2, 0) is 4.74 Å². The van der Waals surface area contributed by atoms with E-state index in [4.69, 9.17) is 4.74 Å². The van der Waals surface area contributed by atoms with Crippen LogP contribution in [0.5, 0.6) is 0 Å². The lowest BCUT2D eigenvalue weighted by molar-refractivity contribution is 0.0601. The molecule has 1 aromatic heterocycles. The molecule has 2 aromatic rings. The maximum Gasteiger partial charge on any atom is 0.341 e. The summed E-state index contributed by atoms with van der Waals surface area (Å²) in [6.07, 6.45) is 0. The SMILES string of the molecule is COC(=O)c1c(Nc2ccc(C)cc2F)sc(C(C)=O)c1C(C)C. The highest BCUT2D eigenvalue weighted by Gasteiger charge is 2.28. The summed E-state index contributed by atoms with van der Waals surface area (Å²) in [6.45, 7) is 7.05. The lowest BCUT2D eigenvalue weighted by atomic mass is 9.97. The number of carbonyl (C=O) groups is 2. The van der Waals surface area contributed by atoms with E-state index in [-0.39, 0.29) is 17.4 Å². The summed E-state index contributed by atoms with van der Waals surface area (Å²) in [5, 5.41) is 3.36. The van der Waals surface area contributed by atoms with Gasteiger partial charge in [-0.05, 0) is 43.0 Å². The first kappa shape index (κ1) is 18.1. The Morgan fingerprint density at radius 1 is 1.29 bits per heavy atom. The zero-order valence-corrected chi connectivity index (χ0v) is 15.1. The van der Waals surface area contributed by atoms with Gasteiger partial charge in [-0.1, -0.05) is 19.9 Å². The number of nitrogens with one attached hydrogen (secondary N) is 1.